The van der Waals surface area contributed by atoms with Gasteiger partial charge >= 0.3 is 0 Å². The SMILES string of the molecule is CC(NC1CC(=O)N2CCCCC12)c1ncn[nH]1. The average molecular weight is 249 g/mol. The highest BCUT2D eigenvalue weighted by Gasteiger charge is 2.41. The second kappa shape index (κ2) is 4.68. The van der Waals surface area contributed by atoms with Crippen molar-refractivity contribution in [3.05, 3.63) is 12.2 Å². The Balaban J connectivity index is 1.67. The van der Waals surface area contributed by atoms with Gasteiger partial charge in [0.1, 0.15) is 12.2 Å². The molecule has 2 fully saturated rings. The predicted octanol–water partition coefficient (Wildman–Crippen LogP) is 0.609. The standard InChI is InChI=1S/C12H19N5O/c1-8(12-13-7-14-16-12)15-9-6-11(18)17-5-3-2-4-10(9)17/h7-10,15H,2-6H2,1H3,(H,13,14,16). The maximum Gasteiger partial charge on any atom is 0.224 e. The molecule has 3 atom stereocenters. The average Bonchev–Trinajstić information content (AvgIpc) is 3.00. The number of aromatic nitrogens is 3. The van der Waals surface area contributed by atoms with Crippen molar-refractivity contribution < 1.29 is 4.79 Å². The van der Waals surface area contributed by atoms with Crippen LogP contribution in [0.1, 0.15) is 44.5 Å². The van der Waals surface area contributed by atoms with Crippen LogP contribution in [0.25, 0.3) is 0 Å². The van der Waals surface area contributed by atoms with E-state index < -0.39 is 0 Å². The first-order valence-corrected chi connectivity index (χ1v) is 6.66. The fourth-order valence-corrected chi connectivity index (χ4v) is 3.12. The number of carbonyl (C=O) groups excluding carboxylic acids is 1. The van der Waals surface area contributed by atoms with Crippen LogP contribution < -0.4 is 5.32 Å². The number of amides is 1. The Morgan fingerprint density at radius 1 is 1.56 bits per heavy atom. The first-order chi connectivity index (χ1) is 8.75. The van der Waals surface area contributed by atoms with Crippen LogP contribution in [0, 0.1) is 0 Å². The molecule has 0 aliphatic carbocycles. The summed E-state index contributed by atoms with van der Waals surface area (Å²) >= 11 is 0. The summed E-state index contributed by atoms with van der Waals surface area (Å²) in [7, 11) is 0. The Morgan fingerprint density at radius 3 is 3.22 bits per heavy atom. The van der Waals surface area contributed by atoms with E-state index in [0.717, 1.165) is 25.2 Å². The number of piperidine rings is 1. The van der Waals surface area contributed by atoms with E-state index in [2.05, 4.69) is 27.4 Å². The Hall–Kier alpha value is -1.43. The molecule has 6 heteroatoms. The molecular weight excluding hydrogens is 230 g/mol. The van der Waals surface area contributed by atoms with E-state index in [-0.39, 0.29) is 12.1 Å². The van der Waals surface area contributed by atoms with Gasteiger partial charge < -0.3 is 10.2 Å². The normalized spacial score (nSPS) is 29.4. The summed E-state index contributed by atoms with van der Waals surface area (Å²) in [5, 5.41) is 10.2. The Labute approximate surface area is 106 Å². The minimum atomic E-state index is 0.104. The lowest BCUT2D eigenvalue weighted by molar-refractivity contribution is -0.129. The van der Waals surface area contributed by atoms with Gasteiger partial charge in [0.15, 0.2) is 0 Å². The number of hydrogen-bond donors (Lipinski definition) is 2. The van der Waals surface area contributed by atoms with E-state index >= 15 is 0 Å². The number of nitrogens with one attached hydrogen (secondary N) is 2. The number of nitrogens with zero attached hydrogens (tertiary/aromatic N) is 3. The van der Waals surface area contributed by atoms with E-state index in [1.54, 1.807) is 0 Å². The molecule has 3 heterocycles. The van der Waals surface area contributed by atoms with Crippen molar-refractivity contribution in [2.75, 3.05) is 6.54 Å². The van der Waals surface area contributed by atoms with Crippen molar-refractivity contribution in [2.24, 2.45) is 0 Å². The lowest BCUT2D eigenvalue weighted by Crippen LogP contribution is -2.46. The summed E-state index contributed by atoms with van der Waals surface area (Å²) in [5.41, 5.74) is 0. The number of rotatable bonds is 3. The van der Waals surface area contributed by atoms with Gasteiger partial charge in [0, 0.05) is 25.0 Å². The van der Waals surface area contributed by atoms with Gasteiger partial charge in [-0.05, 0) is 26.2 Å². The molecular formula is C12H19N5O. The summed E-state index contributed by atoms with van der Waals surface area (Å²) in [6, 6.07) is 0.724. The smallest absolute Gasteiger partial charge is 0.224 e. The number of aromatic amines is 1. The van der Waals surface area contributed by atoms with Crippen LogP contribution in [0.3, 0.4) is 0 Å². The lowest BCUT2D eigenvalue weighted by Gasteiger charge is -2.33. The Morgan fingerprint density at radius 2 is 2.44 bits per heavy atom. The van der Waals surface area contributed by atoms with E-state index in [1.807, 2.05) is 4.90 Å². The summed E-state index contributed by atoms with van der Waals surface area (Å²) in [6.45, 7) is 2.98. The van der Waals surface area contributed by atoms with Crippen LogP contribution in [-0.2, 0) is 4.79 Å². The molecule has 3 rings (SSSR count). The summed E-state index contributed by atoms with van der Waals surface area (Å²) < 4.78 is 0. The van der Waals surface area contributed by atoms with Gasteiger partial charge in [-0.15, -0.1) is 0 Å². The zero-order valence-electron chi connectivity index (χ0n) is 10.6. The second-order valence-electron chi connectivity index (χ2n) is 5.22. The van der Waals surface area contributed by atoms with E-state index in [0.29, 0.717) is 18.4 Å². The fourth-order valence-electron chi connectivity index (χ4n) is 3.12. The van der Waals surface area contributed by atoms with E-state index in [9.17, 15) is 4.79 Å². The second-order valence-corrected chi connectivity index (χ2v) is 5.22. The van der Waals surface area contributed by atoms with Crippen LogP contribution in [0.5, 0.6) is 0 Å². The minimum absolute atomic E-state index is 0.104. The van der Waals surface area contributed by atoms with Crippen molar-refractivity contribution in [3.8, 4) is 0 Å². The highest BCUT2D eigenvalue weighted by Crippen LogP contribution is 2.29. The maximum absolute atomic E-state index is 11.9. The molecule has 2 aliphatic rings. The topological polar surface area (TPSA) is 73.9 Å². The zero-order chi connectivity index (χ0) is 12.5. The van der Waals surface area contributed by atoms with Crippen LogP contribution in [-0.4, -0.2) is 44.6 Å². The first-order valence-electron chi connectivity index (χ1n) is 6.66. The van der Waals surface area contributed by atoms with Crippen LogP contribution in [0.4, 0.5) is 0 Å². The zero-order valence-corrected chi connectivity index (χ0v) is 10.6. The van der Waals surface area contributed by atoms with Crippen molar-refractivity contribution in [1.82, 2.24) is 25.4 Å². The van der Waals surface area contributed by atoms with E-state index in [1.165, 1.54) is 12.7 Å². The molecule has 98 valence electrons. The molecule has 0 bridgehead atoms. The molecule has 18 heavy (non-hydrogen) atoms. The molecule has 2 saturated heterocycles. The van der Waals surface area contributed by atoms with E-state index in [4.69, 9.17) is 0 Å². The molecule has 0 aromatic carbocycles. The third-order valence-electron chi connectivity index (χ3n) is 4.04. The summed E-state index contributed by atoms with van der Waals surface area (Å²) in [4.78, 5) is 18.1. The molecule has 2 N–H and O–H groups in total. The van der Waals surface area contributed by atoms with Crippen LogP contribution in [0.15, 0.2) is 6.33 Å². The van der Waals surface area contributed by atoms with Gasteiger partial charge in [0.25, 0.3) is 0 Å². The summed E-state index contributed by atoms with van der Waals surface area (Å²) in [6.07, 6.45) is 5.62. The van der Waals surface area contributed by atoms with Crippen molar-refractivity contribution >= 4 is 5.91 Å². The van der Waals surface area contributed by atoms with Gasteiger partial charge in [-0.2, -0.15) is 5.10 Å². The number of H-pyrrole nitrogens is 1. The molecule has 0 saturated carbocycles. The Bertz CT molecular complexity index is 418. The van der Waals surface area contributed by atoms with Gasteiger partial charge in [-0.3, -0.25) is 9.89 Å². The van der Waals surface area contributed by atoms with Gasteiger partial charge in [0.2, 0.25) is 5.91 Å². The van der Waals surface area contributed by atoms with Gasteiger partial charge in [0.05, 0.1) is 6.04 Å². The number of hydrogen-bond acceptors (Lipinski definition) is 4. The predicted molar refractivity (Wildman–Crippen MR) is 65.7 cm³/mol. The highest BCUT2D eigenvalue weighted by molar-refractivity contribution is 5.80. The minimum Gasteiger partial charge on any atom is -0.338 e. The van der Waals surface area contributed by atoms with Crippen molar-refractivity contribution in [1.29, 1.82) is 0 Å². The van der Waals surface area contributed by atoms with Crippen LogP contribution in [0.2, 0.25) is 0 Å². The molecule has 0 spiro atoms. The molecule has 1 amide bonds. The van der Waals surface area contributed by atoms with Gasteiger partial charge in [-0.1, -0.05) is 0 Å². The van der Waals surface area contributed by atoms with Crippen molar-refractivity contribution in [2.45, 2.75) is 50.7 Å². The highest BCUT2D eigenvalue weighted by atomic mass is 16.2. The van der Waals surface area contributed by atoms with Gasteiger partial charge in [-0.25, -0.2) is 4.98 Å². The maximum atomic E-state index is 11.9. The molecule has 1 aromatic heterocycles. The third-order valence-corrected chi connectivity index (χ3v) is 4.04. The molecule has 0 radical (unpaired) electrons. The summed E-state index contributed by atoms with van der Waals surface area (Å²) in [5.74, 6) is 1.12. The largest absolute Gasteiger partial charge is 0.338 e. The molecule has 2 aliphatic heterocycles. The van der Waals surface area contributed by atoms with Crippen molar-refractivity contribution in [3.63, 3.8) is 0 Å². The molecule has 3 unspecified atom stereocenters. The molecule has 6 nitrogen and oxygen atoms in total. The molecule has 1 aromatic rings. The third kappa shape index (κ3) is 2.01. The first kappa shape index (κ1) is 11.6. The lowest BCUT2D eigenvalue weighted by atomic mass is 9.98. The fraction of sp³-hybridized carbons (Fsp3) is 0.750. The quantitative estimate of drug-likeness (QED) is 0.823. The van der Waals surface area contributed by atoms with Crippen LogP contribution >= 0.6 is 0 Å². The Kier molecular flexibility index (Phi) is 3.03. The monoisotopic (exact) mass is 249 g/mol. The number of carbonyl (C=O) groups is 1. The number of fused-ring (bicyclic) bond motifs is 1.